The molecular formula is C28H21N3O2S2. The van der Waals surface area contributed by atoms with Gasteiger partial charge in [0.1, 0.15) is 17.4 Å². The number of rotatable bonds is 6. The molecule has 0 aliphatic carbocycles. The minimum Gasteiger partial charge on any atom is -0.489 e. The molecule has 1 aromatic heterocycles. The van der Waals surface area contributed by atoms with Crippen LogP contribution in [0.1, 0.15) is 15.9 Å². The van der Waals surface area contributed by atoms with Gasteiger partial charge in [-0.2, -0.15) is 0 Å². The van der Waals surface area contributed by atoms with Crippen LogP contribution in [0, 0.1) is 0 Å². The number of carbonyl (C=O) groups is 1. The van der Waals surface area contributed by atoms with Gasteiger partial charge in [-0.3, -0.25) is 10.1 Å². The molecule has 0 saturated heterocycles. The van der Waals surface area contributed by atoms with Gasteiger partial charge < -0.3 is 10.1 Å². The number of benzene rings is 4. The smallest absolute Gasteiger partial charge is 0.257 e. The van der Waals surface area contributed by atoms with Crippen LogP contribution in [-0.4, -0.2) is 16.0 Å². The van der Waals surface area contributed by atoms with Crippen LogP contribution in [-0.2, 0) is 6.61 Å². The van der Waals surface area contributed by atoms with Crippen molar-refractivity contribution in [3.63, 3.8) is 0 Å². The van der Waals surface area contributed by atoms with Crippen LogP contribution in [0.25, 0.3) is 20.8 Å². The molecule has 7 heteroatoms. The number of hydrogen-bond acceptors (Lipinski definition) is 5. The fourth-order valence-electron chi connectivity index (χ4n) is 3.51. The Morgan fingerprint density at radius 1 is 0.886 bits per heavy atom. The summed E-state index contributed by atoms with van der Waals surface area (Å²) in [5.74, 6) is 0.400. The van der Waals surface area contributed by atoms with Crippen molar-refractivity contribution >= 4 is 50.5 Å². The molecule has 172 valence electrons. The van der Waals surface area contributed by atoms with Crippen LogP contribution in [0.3, 0.4) is 0 Å². The lowest BCUT2D eigenvalue weighted by molar-refractivity contribution is 0.0977. The Balaban J connectivity index is 1.18. The first-order valence-corrected chi connectivity index (χ1v) is 12.2. The van der Waals surface area contributed by atoms with Gasteiger partial charge in [0.15, 0.2) is 5.11 Å². The zero-order valence-electron chi connectivity index (χ0n) is 18.6. The average Bonchev–Trinajstić information content (AvgIpc) is 3.33. The van der Waals surface area contributed by atoms with Gasteiger partial charge in [-0.05, 0) is 66.3 Å². The van der Waals surface area contributed by atoms with Crippen molar-refractivity contribution in [3.05, 3.63) is 114 Å². The first-order chi connectivity index (χ1) is 17.1. The van der Waals surface area contributed by atoms with E-state index >= 15 is 0 Å². The molecule has 0 aliphatic heterocycles. The maximum Gasteiger partial charge on any atom is 0.257 e. The van der Waals surface area contributed by atoms with Crippen molar-refractivity contribution in [2.24, 2.45) is 0 Å². The molecule has 0 fully saturated rings. The Morgan fingerprint density at radius 3 is 2.46 bits per heavy atom. The van der Waals surface area contributed by atoms with Gasteiger partial charge in [0.25, 0.3) is 5.91 Å². The lowest BCUT2D eigenvalue weighted by Gasteiger charge is -2.11. The Morgan fingerprint density at radius 2 is 1.66 bits per heavy atom. The zero-order chi connectivity index (χ0) is 24.0. The van der Waals surface area contributed by atoms with Crippen LogP contribution in [0.5, 0.6) is 5.75 Å². The predicted octanol–water partition coefficient (Wildman–Crippen LogP) is 6.67. The van der Waals surface area contributed by atoms with Gasteiger partial charge in [-0.15, -0.1) is 11.3 Å². The second kappa shape index (κ2) is 10.5. The summed E-state index contributed by atoms with van der Waals surface area (Å²) in [6, 6.07) is 32.8. The number of thiazole rings is 1. The van der Waals surface area contributed by atoms with Crippen molar-refractivity contribution < 1.29 is 9.53 Å². The first kappa shape index (κ1) is 22.7. The fourth-order valence-corrected chi connectivity index (χ4v) is 4.68. The number of amides is 1. The second-order valence-corrected chi connectivity index (χ2v) is 9.21. The number of ether oxygens (including phenoxy) is 1. The van der Waals surface area contributed by atoms with E-state index in [9.17, 15) is 4.79 Å². The summed E-state index contributed by atoms with van der Waals surface area (Å²) in [5, 5.41) is 6.97. The number of anilines is 1. The summed E-state index contributed by atoms with van der Waals surface area (Å²) in [7, 11) is 0. The summed E-state index contributed by atoms with van der Waals surface area (Å²) in [6.07, 6.45) is 0. The maximum atomic E-state index is 12.6. The highest BCUT2D eigenvalue weighted by Gasteiger charge is 2.10. The van der Waals surface area contributed by atoms with Crippen molar-refractivity contribution in [2.45, 2.75) is 6.61 Å². The van der Waals surface area contributed by atoms with Crippen molar-refractivity contribution in [1.29, 1.82) is 0 Å². The normalized spacial score (nSPS) is 10.6. The summed E-state index contributed by atoms with van der Waals surface area (Å²) in [6.45, 7) is 0.469. The number of nitrogens with zero attached hydrogens (tertiary/aromatic N) is 1. The molecule has 0 spiro atoms. The Bertz CT molecular complexity index is 1450. The third-order valence-corrected chi connectivity index (χ3v) is 6.54. The monoisotopic (exact) mass is 495 g/mol. The van der Waals surface area contributed by atoms with Gasteiger partial charge in [0.05, 0.1) is 10.2 Å². The molecule has 0 bridgehead atoms. The summed E-state index contributed by atoms with van der Waals surface area (Å²) >= 11 is 7.00. The summed E-state index contributed by atoms with van der Waals surface area (Å²) in [5.41, 5.74) is 4.31. The number of hydrogen-bond donors (Lipinski definition) is 2. The Kier molecular flexibility index (Phi) is 6.79. The van der Waals surface area contributed by atoms with Crippen molar-refractivity contribution in [3.8, 4) is 16.3 Å². The molecule has 5 rings (SSSR count). The van der Waals surface area contributed by atoms with Crippen LogP contribution in [0.2, 0.25) is 0 Å². The van der Waals surface area contributed by atoms with Crippen molar-refractivity contribution in [2.75, 3.05) is 5.32 Å². The quantitative estimate of drug-likeness (QED) is 0.258. The van der Waals surface area contributed by atoms with Gasteiger partial charge >= 0.3 is 0 Å². The van der Waals surface area contributed by atoms with E-state index < -0.39 is 0 Å². The summed E-state index contributed by atoms with van der Waals surface area (Å²) < 4.78 is 6.92. The number of carbonyl (C=O) groups excluding carboxylic acids is 1. The van der Waals surface area contributed by atoms with Gasteiger partial charge in [-0.25, -0.2) is 4.98 Å². The van der Waals surface area contributed by atoms with Crippen LogP contribution >= 0.6 is 23.6 Å². The van der Waals surface area contributed by atoms with E-state index in [0.717, 1.165) is 32.0 Å². The number of aromatic nitrogens is 1. The van der Waals surface area contributed by atoms with E-state index in [-0.39, 0.29) is 11.0 Å². The predicted molar refractivity (Wildman–Crippen MR) is 146 cm³/mol. The third-order valence-electron chi connectivity index (χ3n) is 5.25. The minimum atomic E-state index is -0.292. The van der Waals surface area contributed by atoms with Gasteiger partial charge in [-0.1, -0.05) is 54.6 Å². The molecule has 0 atom stereocenters. The highest BCUT2D eigenvalue weighted by atomic mass is 32.1. The molecule has 0 saturated carbocycles. The molecule has 0 radical (unpaired) electrons. The molecule has 1 heterocycles. The number of fused-ring (bicyclic) bond motifs is 1. The van der Waals surface area contributed by atoms with E-state index in [1.54, 1.807) is 35.6 Å². The lowest BCUT2D eigenvalue weighted by Crippen LogP contribution is -2.34. The molecule has 0 aliphatic rings. The molecule has 35 heavy (non-hydrogen) atoms. The van der Waals surface area contributed by atoms with Crippen LogP contribution < -0.4 is 15.4 Å². The SMILES string of the molecule is O=C(NC(=S)Nc1cccc(-c2nc3ccccc3s2)c1)c1ccc(OCc2ccccc2)cc1. The molecule has 4 aromatic carbocycles. The van der Waals surface area contributed by atoms with Crippen LogP contribution in [0.15, 0.2) is 103 Å². The number of thiocarbonyl (C=S) groups is 1. The molecular weight excluding hydrogens is 474 g/mol. The van der Waals surface area contributed by atoms with E-state index in [1.165, 1.54) is 0 Å². The van der Waals surface area contributed by atoms with E-state index in [4.69, 9.17) is 21.9 Å². The Labute approximate surface area is 212 Å². The number of nitrogens with one attached hydrogen (secondary N) is 2. The Hall–Kier alpha value is -4.07. The number of para-hydroxylation sites is 1. The van der Waals surface area contributed by atoms with E-state index in [1.807, 2.05) is 72.8 Å². The summed E-state index contributed by atoms with van der Waals surface area (Å²) in [4.78, 5) is 17.3. The molecule has 5 nitrogen and oxygen atoms in total. The minimum absolute atomic E-state index is 0.223. The zero-order valence-corrected chi connectivity index (χ0v) is 20.2. The van der Waals surface area contributed by atoms with Gasteiger partial charge in [0, 0.05) is 16.8 Å². The highest BCUT2D eigenvalue weighted by Crippen LogP contribution is 2.31. The average molecular weight is 496 g/mol. The third kappa shape index (κ3) is 5.71. The molecule has 2 N–H and O–H groups in total. The maximum absolute atomic E-state index is 12.6. The lowest BCUT2D eigenvalue weighted by atomic mass is 10.2. The van der Waals surface area contributed by atoms with Crippen molar-refractivity contribution in [1.82, 2.24) is 10.3 Å². The topological polar surface area (TPSA) is 63.2 Å². The standard InChI is InChI=1S/C28H21N3O2S2/c32-26(20-13-15-23(16-14-20)33-18-19-7-2-1-3-8-19)31-28(34)29-22-10-6-9-21(17-22)27-30-24-11-4-5-12-25(24)35-27/h1-17H,18H2,(H2,29,31,32,34). The van der Waals surface area contributed by atoms with Gasteiger partial charge in [0.2, 0.25) is 0 Å². The fraction of sp³-hybridized carbons (Fsp3) is 0.0357. The molecule has 1 amide bonds. The second-order valence-electron chi connectivity index (χ2n) is 7.77. The first-order valence-electron chi connectivity index (χ1n) is 11.0. The van der Waals surface area contributed by atoms with Crippen LogP contribution in [0.4, 0.5) is 5.69 Å². The molecule has 0 unspecified atom stereocenters. The van der Waals surface area contributed by atoms with E-state index in [2.05, 4.69) is 16.7 Å². The molecule has 5 aromatic rings. The van der Waals surface area contributed by atoms with E-state index in [0.29, 0.717) is 17.9 Å². The highest BCUT2D eigenvalue weighted by molar-refractivity contribution is 7.80. The largest absolute Gasteiger partial charge is 0.489 e.